The smallest absolute Gasteiger partial charge is 0.231 e. The van der Waals surface area contributed by atoms with Crippen LogP contribution in [0.4, 0.5) is 0 Å². The van der Waals surface area contributed by atoms with Crippen LogP contribution in [0.5, 0.6) is 11.5 Å². The van der Waals surface area contributed by atoms with E-state index in [1.165, 1.54) is 0 Å². The van der Waals surface area contributed by atoms with Crippen LogP contribution in [0.25, 0.3) is 11.3 Å². The van der Waals surface area contributed by atoms with E-state index in [1.54, 1.807) is 0 Å². The van der Waals surface area contributed by atoms with Gasteiger partial charge in [-0.15, -0.1) is 0 Å². The highest BCUT2D eigenvalue weighted by Gasteiger charge is 2.35. The minimum absolute atomic E-state index is 0.0952. The van der Waals surface area contributed by atoms with Crippen LogP contribution in [0, 0.1) is 5.92 Å². The van der Waals surface area contributed by atoms with E-state index < -0.39 is 0 Å². The van der Waals surface area contributed by atoms with Gasteiger partial charge >= 0.3 is 0 Å². The molecule has 3 aliphatic rings. The standard InChI is InChI=1S/C21H25N3O4/c1-13(2)23-7-5-15(10-23)21(25)24-8-6-17-16(11-24)20(22-28-17)14-3-4-18-19(9-14)27-12-26-18/h3-4,9,13,15H,5-8,10-12H2,1-2H3/t15-/m0/s1. The van der Waals surface area contributed by atoms with Gasteiger partial charge in [0, 0.05) is 36.7 Å². The maximum Gasteiger partial charge on any atom is 0.231 e. The first-order valence-electron chi connectivity index (χ1n) is 10.0. The average molecular weight is 383 g/mol. The monoisotopic (exact) mass is 383 g/mol. The Morgan fingerprint density at radius 2 is 2.07 bits per heavy atom. The van der Waals surface area contributed by atoms with Crippen LogP contribution in [0.2, 0.25) is 0 Å². The Kier molecular flexibility index (Phi) is 4.27. The predicted octanol–water partition coefficient (Wildman–Crippen LogP) is 2.69. The molecule has 7 nitrogen and oxygen atoms in total. The van der Waals surface area contributed by atoms with Crippen molar-refractivity contribution in [1.82, 2.24) is 15.0 Å². The van der Waals surface area contributed by atoms with E-state index in [0.717, 1.165) is 53.6 Å². The van der Waals surface area contributed by atoms with Crippen molar-refractivity contribution in [2.45, 2.75) is 39.3 Å². The molecule has 5 rings (SSSR count). The van der Waals surface area contributed by atoms with Crippen molar-refractivity contribution < 1.29 is 18.8 Å². The van der Waals surface area contributed by atoms with E-state index in [1.807, 2.05) is 23.1 Å². The molecule has 0 bridgehead atoms. The summed E-state index contributed by atoms with van der Waals surface area (Å²) < 4.78 is 16.5. The Morgan fingerprint density at radius 3 is 2.89 bits per heavy atom. The molecule has 0 N–H and O–H groups in total. The number of carbonyl (C=O) groups is 1. The van der Waals surface area contributed by atoms with Crippen LogP contribution >= 0.6 is 0 Å². The molecule has 4 heterocycles. The number of hydrogen-bond acceptors (Lipinski definition) is 6. The number of benzene rings is 1. The summed E-state index contributed by atoms with van der Waals surface area (Å²) in [5, 5.41) is 4.30. The number of aromatic nitrogens is 1. The lowest BCUT2D eigenvalue weighted by molar-refractivity contribution is -0.136. The molecule has 1 saturated heterocycles. The van der Waals surface area contributed by atoms with Crippen LogP contribution in [0.15, 0.2) is 22.7 Å². The number of fused-ring (bicyclic) bond motifs is 2. The summed E-state index contributed by atoms with van der Waals surface area (Å²) in [5.74, 6) is 2.70. The molecule has 0 aliphatic carbocycles. The summed E-state index contributed by atoms with van der Waals surface area (Å²) in [5.41, 5.74) is 2.73. The first kappa shape index (κ1) is 17.6. The number of rotatable bonds is 3. The van der Waals surface area contributed by atoms with Gasteiger partial charge in [-0.2, -0.15) is 0 Å². The zero-order valence-corrected chi connectivity index (χ0v) is 16.3. The van der Waals surface area contributed by atoms with Gasteiger partial charge in [0.25, 0.3) is 0 Å². The van der Waals surface area contributed by atoms with Crippen LogP contribution in [-0.2, 0) is 17.8 Å². The van der Waals surface area contributed by atoms with Gasteiger partial charge in [-0.05, 0) is 45.0 Å². The van der Waals surface area contributed by atoms with Crippen LogP contribution in [0.3, 0.4) is 0 Å². The molecule has 7 heteroatoms. The van der Waals surface area contributed by atoms with Gasteiger partial charge in [0.2, 0.25) is 12.7 Å². The molecule has 1 aromatic carbocycles. The second kappa shape index (κ2) is 6.81. The molecule has 0 spiro atoms. The van der Waals surface area contributed by atoms with Crippen molar-refractivity contribution in [3.8, 4) is 22.8 Å². The van der Waals surface area contributed by atoms with Crippen molar-refractivity contribution in [2.75, 3.05) is 26.4 Å². The molecular formula is C21H25N3O4. The summed E-state index contributed by atoms with van der Waals surface area (Å²) in [6, 6.07) is 6.27. The van der Waals surface area contributed by atoms with E-state index in [2.05, 4.69) is 23.9 Å². The highest BCUT2D eigenvalue weighted by atomic mass is 16.7. The number of likely N-dealkylation sites (tertiary alicyclic amines) is 1. The van der Waals surface area contributed by atoms with Crippen molar-refractivity contribution in [1.29, 1.82) is 0 Å². The van der Waals surface area contributed by atoms with Crippen molar-refractivity contribution >= 4 is 5.91 Å². The molecule has 0 saturated carbocycles. The van der Waals surface area contributed by atoms with Gasteiger partial charge in [-0.1, -0.05) is 5.16 Å². The average Bonchev–Trinajstić information content (AvgIpc) is 3.44. The molecule has 1 fully saturated rings. The van der Waals surface area contributed by atoms with Gasteiger partial charge in [0.1, 0.15) is 11.5 Å². The fourth-order valence-corrected chi connectivity index (χ4v) is 4.38. The highest BCUT2D eigenvalue weighted by molar-refractivity contribution is 5.80. The molecule has 148 valence electrons. The predicted molar refractivity (Wildman–Crippen MR) is 102 cm³/mol. The largest absolute Gasteiger partial charge is 0.454 e. The molecular weight excluding hydrogens is 358 g/mol. The molecule has 2 aromatic rings. The topological polar surface area (TPSA) is 68.0 Å². The maximum atomic E-state index is 13.1. The normalized spacial score (nSPS) is 21.4. The quantitative estimate of drug-likeness (QED) is 0.812. The fraction of sp³-hybridized carbons (Fsp3) is 0.524. The van der Waals surface area contributed by atoms with Gasteiger partial charge in [0.05, 0.1) is 12.5 Å². The Bertz CT molecular complexity index is 907. The summed E-state index contributed by atoms with van der Waals surface area (Å²) >= 11 is 0. The van der Waals surface area contributed by atoms with Gasteiger partial charge in [0.15, 0.2) is 11.5 Å². The summed E-state index contributed by atoms with van der Waals surface area (Å²) in [4.78, 5) is 17.5. The third-order valence-electron chi connectivity index (χ3n) is 6.08. The number of ether oxygens (including phenoxy) is 2. The molecule has 28 heavy (non-hydrogen) atoms. The lowest BCUT2D eigenvalue weighted by Gasteiger charge is -2.29. The third kappa shape index (κ3) is 2.94. The van der Waals surface area contributed by atoms with Crippen LogP contribution in [0.1, 0.15) is 31.6 Å². The number of nitrogens with zero attached hydrogens (tertiary/aromatic N) is 3. The summed E-state index contributed by atoms with van der Waals surface area (Å²) in [6.45, 7) is 7.73. The SMILES string of the molecule is CC(C)N1CC[C@H](C(=O)N2CCc3onc(-c4ccc5c(c4)OCO5)c3C2)C1. The number of carbonyl (C=O) groups excluding carboxylic acids is 1. The van der Waals surface area contributed by atoms with E-state index in [4.69, 9.17) is 14.0 Å². The number of amides is 1. The van der Waals surface area contributed by atoms with Crippen molar-refractivity contribution in [3.63, 3.8) is 0 Å². The van der Waals surface area contributed by atoms with Crippen molar-refractivity contribution in [2.24, 2.45) is 5.92 Å². The van der Waals surface area contributed by atoms with E-state index in [9.17, 15) is 4.79 Å². The van der Waals surface area contributed by atoms with E-state index in [0.29, 0.717) is 25.6 Å². The molecule has 1 atom stereocenters. The second-order valence-electron chi connectivity index (χ2n) is 8.09. The zero-order valence-electron chi connectivity index (χ0n) is 16.3. The van der Waals surface area contributed by atoms with Crippen molar-refractivity contribution in [3.05, 3.63) is 29.5 Å². The fourth-order valence-electron chi connectivity index (χ4n) is 4.38. The first-order valence-corrected chi connectivity index (χ1v) is 10.0. The lowest BCUT2D eigenvalue weighted by atomic mass is 9.99. The highest BCUT2D eigenvalue weighted by Crippen LogP contribution is 2.38. The molecule has 1 amide bonds. The third-order valence-corrected chi connectivity index (χ3v) is 6.08. The van der Waals surface area contributed by atoms with Gasteiger partial charge < -0.3 is 23.8 Å². The van der Waals surface area contributed by atoms with E-state index >= 15 is 0 Å². The molecule has 1 aromatic heterocycles. The zero-order chi connectivity index (χ0) is 19.3. The Balaban J connectivity index is 1.36. The summed E-state index contributed by atoms with van der Waals surface area (Å²) in [7, 11) is 0. The summed E-state index contributed by atoms with van der Waals surface area (Å²) in [6.07, 6.45) is 1.65. The van der Waals surface area contributed by atoms with E-state index in [-0.39, 0.29) is 18.6 Å². The lowest BCUT2D eigenvalue weighted by Crippen LogP contribution is -2.41. The first-order chi connectivity index (χ1) is 13.6. The van der Waals surface area contributed by atoms with Gasteiger partial charge in [-0.25, -0.2) is 0 Å². The Morgan fingerprint density at radius 1 is 1.21 bits per heavy atom. The molecule has 0 radical (unpaired) electrons. The van der Waals surface area contributed by atoms with Crippen LogP contribution < -0.4 is 9.47 Å². The minimum Gasteiger partial charge on any atom is -0.454 e. The maximum absolute atomic E-state index is 13.1. The van der Waals surface area contributed by atoms with Crippen LogP contribution in [-0.4, -0.2) is 53.3 Å². The molecule has 0 unspecified atom stereocenters. The minimum atomic E-state index is 0.0952. The Hall–Kier alpha value is -2.54. The second-order valence-corrected chi connectivity index (χ2v) is 8.09. The van der Waals surface area contributed by atoms with Gasteiger partial charge in [-0.3, -0.25) is 4.79 Å². The molecule has 3 aliphatic heterocycles. The number of hydrogen-bond donors (Lipinski definition) is 0. The Labute approximate surface area is 164 Å².